The molecule has 0 saturated heterocycles. The summed E-state index contributed by atoms with van der Waals surface area (Å²) in [6.07, 6.45) is 2.99. The largest absolute Gasteiger partial charge is 0.380 e. The van der Waals surface area contributed by atoms with Gasteiger partial charge in [-0.1, -0.05) is 17.7 Å². The van der Waals surface area contributed by atoms with Gasteiger partial charge in [-0.25, -0.2) is 9.67 Å². The van der Waals surface area contributed by atoms with Gasteiger partial charge in [-0.2, -0.15) is 5.10 Å². The molecule has 1 aromatic heterocycles. The van der Waals surface area contributed by atoms with Crippen LogP contribution in [0.1, 0.15) is 48.0 Å². The van der Waals surface area contributed by atoms with Crippen molar-refractivity contribution in [1.82, 2.24) is 14.8 Å². The second kappa shape index (κ2) is 7.64. The van der Waals surface area contributed by atoms with Gasteiger partial charge in [0, 0.05) is 19.1 Å². The SMILES string of the molecule is CO[C@@H]1C[C@@H](c2nc(C)nn2-c2ccc(C)cc2C)CC[C@H]1N.Cl. The minimum Gasteiger partial charge on any atom is -0.380 e. The van der Waals surface area contributed by atoms with Crippen LogP contribution in [-0.4, -0.2) is 34.0 Å². The molecule has 0 radical (unpaired) electrons. The molecule has 6 heteroatoms. The summed E-state index contributed by atoms with van der Waals surface area (Å²) in [6.45, 7) is 6.18. The van der Waals surface area contributed by atoms with Gasteiger partial charge in [0.15, 0.2) is 0 Å². The third-order valence-electron chi connectivity index (χ3n) is 4.83. The summed E-state index contributed by atoms with van der Waals surface area (Å²) in [7, 11) is 1.74. The van der Waals surface area contributed by atoms with E-state index in [0.717, 1.165) is 36.6 Å². The Morgan fingerprint density at radius 2 is 1.96 bits per heavy atom. The van der Waals surface area contributed by atoms with Crippen molar-refractivity contribution >= 4 is 12.4 Å². The van der Waals surface area contributed by atoms with Gasteiger partial charge >= 0.3 is 0 Å². The minimum absolute atomic E-state index is 0. The summed E-state index contributed by atoms with van der Waals surface area (Å²) in [6, 6.07) is 6.56. The molecular weight excluding hydrogens is 324 g/mol. The van der Waals surface area contributed by atoms with Crippen molar-refractivity contribution in [2.24, 2.45) is 5.73 Å². The molecule has 1 aliphatic carbocycles. The van der Waals surface area contributed by atoms with Gasteiger partial charge in [-0.15, -0.1) is 12.4 Å². The third-order valence-corrected chi connectivity index (χ3v) is 4.83. The number of nitrogens with two attached hydrogens (primary N) is 1. The Hall–Kier alpha value is -1.43. The molecule has 1 aliphatic rings. The van der Waals surface area contributed by atoms with E-state index in [0.29, 0.717) is 5.92 Å². The first-order valence-electron chi connectivity index (χ1n) is 8.29. The second-order valence-electron chi connectivity index (χ2n) is 6.67. The molecule has 0 amide bonds. The summed E-state index contributed by atoms with van der Waals surface area (Å²) < 4.78 is 7.58. The molecule has 0 aliphatic heterocycles. The highest BCUT2D eigenvalue weighted by atomic mass is 35.5. The topological polar surface area (TPSA) is 66.0 Å². The van der Waals surface area contributed by atoms with Gasteiger partial charge in [0.1, 0.15) is 11.6 Å². The molecular formula is C18H27ClN4O. The lowest BCUT2D eigenvalue weighted by molar-refractivity contribution is 0.0459. The van der Waals surface area contributed by atoms with Crippen molar-refractivity contribution in [2.45, 2.75) is 58.1 Å². The maximum Gasteiger partial charge on any atom is 0.148 e. The molecule has 5 nitrogen and oxygen atoms in total. The van der Waals surface area contributed by atoms with Crippen molar-refractivity contribution in [1.29, 1.82) is 0 Å². The Balaban J connectivity index is 0.00000208. The fourth-order valence-electron chi connectivity index (χ4n) is 3.57. The molecule has 3 rings (SSSR count). The molecule has 0 unspecified atom stereocenters. The van der Waals surface area contributed by atoms with Gasteiger partial charge < -0.3 is 10.5 Å². The third kappa shape index (κ3) is 3.63. The highest BCUT2D eigenvalue weighted by Gasteiger charge is 2.32. The molecule has 132 valence electrons. The fourth-order valence-corrected chi connectivity index (χ4v) is 3.57. The fraction of sp³-hybridized carbons (Fsp3) is 0.556. The second-order valence-corrected chi connectivity index (χ2v) is 6.67. The van der Waals surface area contributed by atoms with E-state index < -0.39 is 0 Å². The van der Waals surface area contributed by atoms with Crippen LogP contribution in [0.3, 0.4) is 0 Å². The Labute approximate surface area is 150 Å². The maximum absolute atomic E-state index is 6.16. The number of hydrogen-bond donors (Lipinski definition) is 1. The predicted molar refractivity (Wildman–Crippen MR) is 98.2 cm³/mol. The van der Waals surface area contributed by atoms with Crippen LogP contribution < -0.4 is 5.73 Å². The summed E-state index contributed by atoms with van der Waals surface area (Å²) in [5, 5.41) is 4.65. The normalized spacial score (nSPS) is 23.8. The van der Waals surface area contributed by atoms with E-state index >= 15 is 0 Å². The smallest absolute Gasteiger partial charge is 0.148 e. The number of ether oxygens (including phenoxy) is 1. The van der Waals surface area contributed by atoms with Crippen LogP contribution in [0.25, 0.3) is 5.69 Å². The molecule has 3 atom stereocenters. The number of halogens is 1. The van der Waals surface area contributed by atoms with Crippen molar-refractivity contribution in [3.63, 3.8) is 0 Å². The van der Waals surface area contributed by atoms with Crippen LogP contribution >= 0.6 is 12.4 Å². The van der Waals surface area contributed by atoms with E-state index in [1.807, 2.05) is 11.6 Å². The van der Waals surface area contributed by atoms with E-state index in [1.165, 1.54) is 11.1 Å². The van der Waals surface area contributed by atoms with Gasteiger partial charge in [0.2, 0.25) is 0 Å². The zero-order valence-corrected chi connectivity index (χ0v) is 15.6. The number of aryl methyl sites for hydroxylation is 3. The molecule has 1 fully saturated rings. The number of methoxy groups -OCH3 is 1. The first-order chi connectivity index (χ1) is 11.0. The Kier molecular flexibility index (Phi) is 6.01. The summed E-state index contributed by atoms with van der Waals surface area (Å²) in [5.74, 6) is 2.17. The molecule has 0 bridgehead atoms. The summed E-state index contributed by atoms with van der Waals surface area (Å²) in [5.41, 5.74) is 9.74. The van der Waals surface area contributed by atoms with Crippen molar-refractivity contribution in [3.8, 4) is 5.69 Å². The molecule has 24 heavy (non-hydrogen) atoms. The Morgan fingerprint density at radius 3 is 2.62 bits per heavy atom. The van der Waals surface area contributed by atoms with Crippen LogP contribution in [0, 0.1) is 20.8 Å². The average Bonchev–Trinajstić information content (AvgIpc) is 2.89. The maximum atomic E-state index is 6.16. The summed E-state index contributed by atoms with van der Waals surface area (Å²) >= 11 is 0. The molecule has 2 aromatic rings. The van der Waals surface area contributed by atoms with Crippen LogP contribution in [0.5, 0.6) is 0 Å². The average molecular weight is 351 g/mol. The first-order valence-corrected chi connectivity index (χ1v) is 8.29. The van der Waals surface area contributed by atoms with E-state index in [4.69, 9.17) is 15.5 Å². The standard InChI is InChI=1S/C18H26N4O.ClH/c1-11-5-8-16(12(2)9-11)22-18(20-13(3)21-22)14-6-7-15(19)17(10-14)23-4;/h5,8-9,14-15,17H,6-7,10,19H2,1-4H3;1H/t14-,15+,17+;/m0./s1. The molecule has 0 spiro atoms. The number of hydrogen-bond acceptors (Lipinski definition) is 4. The lowest BCUT2D eigenvalue weighted by atomic mass is 9.83. The van der Waals surface area contributed by atoms with E-state index in [1.54, 1.807) is 7.11 Å². The zero-order chi connectivity index (χ0) is 16.6. The van der Waals surface area contributed by atoms with Crippen LogP contribution in [0.2, 0.25) is 0 Å². The zero-order valence-electron chi connectivity index (χ0n) is 14.8. The predicted octanol–water partition coefficient (Wildman–Crippen LogP) is 3.22. The van der Waals surface area contributed by atoms with E-state index in [2.05, 4.69) is 37.1 Å². The van der Waals surface area contributed by atoms with Crippen molar-refractivity contribution in [3.05, 3.63) is 41.0 Å². The first kappa shape index (κ1) is 18.9. The van der Waals surface area contributed by atoms with Crippen molar-refractivity contribution < 1.29 is 4.74 Å². The summed E-state index contributed by atoms with van der Waals surface area (Å²) in [4.78, 5) is 4.72. The van der Waals surface area contributed by atoms with Gasteiger partial charge in [-0.05, 0) is 51.7 Å². The van der Waals surface area contributed by atoms with Crippen molar-refractivity contribution in [2.75, 3.05) is 7.11 Å². The highest BCUT2D eigenvalue weighted by molar-refractivity contribution is 5.85. The quantitative estimate of drug-likeness (QED) is 0.922. The molecule has 1 heterocycles. The van der Waals surface area contributed by atoms with Crippen LogP contribution in [0.15, 0.2) is 18.2 Å². The molecule has 2 N–H and O–H groups in total. The number of rotatable bonds is 3. The Morgan fingerprint density at radius 1 is 1.21 bits per heavy atom. The van der Waals surface area contributed by atoms with E-state index in [-0.39, 0.29) is 24.6 Å². The number of aromatic nitrogens is 3. The van der Waals surface area contributed by atoms with Gasteiger partial charge in [0.05, 0.1) is 11.8 Å². The van der Waals surface area contributed by atoms with E-state index in [9.17, 15) is 0 Å². The molecule has 1 saturated carbocycles. The lowest BCUT2D eigenvalue weighted by Crippen LogP contribution is -2.41. The minimum atomic E-state index is 0. The van der Waals surface area contributed by atoms with Gasteiger partial charge in [0.25, 0.3) is 0 Å². The van der Waals surface area contributed by atoms with Crippen LogP contribution in [-0.2, 0) is 4.74 Å². The number of nitrogens with zero attached hydrogens (tertiary/aromatic N) is 3. The molecule has 1 aromatic carbocycles. The lowest BCUT2D eigenvalue weighted by Gasteiger charge is -2.32. The Bertz CT molecular complexity index is 700. The van der Waals surface area contributed by atoms with Gasteiger partial charge in [-0.3, -0.25) is 0 Å². The van der Waals surface area contributed by atoms with Crippen LogP contribution in [0.4, 0.5) is 0 Å². The highest BCUT2D eigenvalue weighted by Crippen LogP contribution is 2.34. The monoisotopic (exact) mass is 350 g/mol. The number of benzene rings is 1.